The number of benzene rings is 2. The zero-order valence-electron chi connectivity index (χ0n) is 13.7. The van der Waals surface area contributed by atoms with Gasteiger partial charge >= 0.3 is 0 Å². The number of carbonyl (C=O) groups is 1. The summed E-state index contributed by atoms with van der Waals surface area (Å²) in [4.78, 5) is 14.5. The molecule has 0 unspecified atom stereocenters. The Hall–Kier alpha value is -1.65. The number of hydrogen-bond donors (Lipinski definition) is 1. The van der Waals surface area contributed by atoms with Crippen LogP contribution in [0, 0.1) is 0 Å². The van der Waals surface area contributed by atoms with Crippen molar-refractivity contribution in [1.29, 1.82) is 0 Å². The molecule has 0 radical (unpaired) electrons. The van der Waals surface area contributed by atoms with Gasteiger partial charge in [-0.1, -0.05) is 60.1 Å². The maximum absolute atomic E-state index is 12.1. The molecule has 1 amide bonds. The summed E-state index contributed by atoms with van der Waals surface area (Å²) in [5.41, 5.74) is 3.07. The van der Waals surface area contributed by atoms with Gasteiger partial charge < -0.3 is 5.32 Å². The first-order chi connectivity index (χ1) is 11.1. The van der Waals surface area contributed by atoms with Crippen LogP contribution in [0.25, 0.3) is 0 Å². The molecule has 0 saturated heterocycles. The van der Waals surface area contributed by atoms with Crippen molar-refractivity contribution in [2.75, 3.05) is 13.1 Å². The van der Waals surface area contributed by atoms with Gasteiger partial charge in [0.25, 0.3) is 5.91 Å². The molecule has 0 aromatic heterocycles. The quantitative estimate of drug-likeness (QED) is 0.786. The van der Waals surface area contributed by atoms with Crippen molar-refractivity contribution in [3.8, 4) is 0 Å². The first-order valence-electron chi connectivity index (χ1n) is 7.96. The van der Waals surface area contributed by atoms with E-state index in [0.717, 1.165) is 29.7 Å². The second kappa shape index (κ2) is 8.85. The lowest BCUT2D eigenvalue weighted by Gasteiger charge is -2.18. The van der Waals surface area contributed by atoms with Crippen LogP contribution in [0.3, 0.4) is 0 Å². The highest BCUT2D eigenvalue weighted by molar-refractivity contribution is 9.10. The lowest BCUT2D eigenvalue weighted by atomic mass is 10.1. The predicted molar refractivity (Wildman–Crippen MR) is 98.4 cm³/mol. The highest BCUT2D eigenvalue weighted by Gasteiger charge is 2.06. The van der Waals surface area contributed by atoms with Crippen LogP contribution in [-0.2, 0) is 13.1 Å². The van der Waals surface area contributed by atoms with E-state index in [-0.39, 0.29) is 5.91 Å². The van der Waals surface area contributed by atoms with Crippen LogP contribution in [0.1, 0.15) is 35.3 Å². The number of rotatable bonds is 7. The number of carbonyl (C=O) groups excluding carboxylic acids is 1. The number of nitrogens with one attached hydrogen (secondary N) is 1. The maximum atomic E-state index is 12.1. The predicted octanol–water partition coefficient (Wildman–Crippen LogP) is 4.22. The summed E-state index contributed by atoms with van der Waals surface area (Å²) in [6.07, 6.45) is 0. The third kappa shape index (κ3) is 5.48. The number of hydrogen-bond acceptors (Lipinski definition) is 2. The van der Waals surface area contributed by atoms with Crippen LogP contribution in [0.5, 0.6) is 0 Å². The summed E-state index contributed by atoms with van der Waals surface area (Å²) >= 11 is 3.38. The van der Waals surface area contributed by atoms with E-state index in [0.29, 0.717) is 12.1 Å². The minimum atomic E-state index is -0.0569. The Labute approximate surface area is 146 Å². The normalized spacial score (nSPS) is 10.8. The van der Waals surface area contributed by atoms with Gasteiger partial charge in [-0.3, -0.25) is 9.69 Å². The smallest absolute Gasteiger partial charge is 0.251 e. The molecular formula is C19H23BrN2O. The van der Waals surface area contributed by atoms with Crippen LogP contribution in [0.4, 0.5) is 0 Å². The van der Waals surface area contributed by atoms with Crippen molar-refractivity contribution < 1.29 is 4.79 Å². The topological polar surface area (TPSA) is 32.3 Å². The molecule has 4 heteroatoms. The Balaban J connectivity index is 1.90. The van der Waals surface area contributed by atoms with Crippen molar-refractivity contribution in [2.45, 2.75) is 26.9 Å². The Morgan fingerprint density at radius 2 is 1.70 bits per heavy atom. The molecule has 3 nitrogen and oxygen atoms in total. The highest BCUT2D eigenvalue weighted by atomic mass is 79.9. The van der Waals surface area contributed by atoms with Crippen LogP contribution >= 0.6 is 15.9 Å². The molecule has 0 aliphatic carbocycles. The van der Waals surface area contributed by atoms with E-state index in [2.05, 4.69) is 64.3 Å². The molecule has 122 valence electrons. The summed E-state index contributed by atoms with van der Waals surface area (Å²) in [5.74, 6) is -0.0569. The van der Waals surface area contributed by atoms with Crippen LogP contribution in [0.15, 0.2) is 53.0 Å². The van der Waals surface area contributed by atoms with E-state index in [4.69, 9.17) is 0 Å². The van der Waals surface area contributed by atoms with E-state index < -0.39 is 0 Å². The van der Waals surface area contributed by atoms with Gasteiger partial charge in [0.15, 0.2) is 0 Å². The van der Waals surface area contributed by atoms with E-state index in [9.17, 15) is 4.79 Å². The van der Waals surface area contributed by atoms with Crippen molar-refractivity contribution in [3.05, 3.63) is 69.7 Å². The van der Waals surface area contributed by atoms with Crippen molar-refractivity contribution in [3.63, 3.8) is 0 Å². The molecule has 0 heterocycles. The molecule has 0 bridgehead atoms. The molecule has 0 fully saturated rings. The summed E-state index contributed by atoms with van der Waals surface area (Å²) in [5, 5.41) is 2.95. The van der Waals surface area contributed by atoms with Gasteiger partial charge in [0.2, 0.25) is 0 Å². The molecular weight excluding hydrogens is 352 g/mol. The molecule has 2 aromatic rings. The largest absolute Gasteiger partial charge is 0.348 e. The number of nitrogens with zero attached hydrogens (tertiary/aromatic N) is 1. The third-order valence-corrected chi connectivity index (χ3v) is 4.36. The number of amides is 1. The molecule has 0 atom stereocenters. The van der Waals surface area contributed by atoms with E-state index >= 15 is 0 Å². The Morgan fingerprint density at radius 3 is 2.30 bits per heavy atom. The summed E-state index contributed by atoms with van der Waals surface area (Å²) in [6, 6.07) is 15.8. The first-order valence-corrected chi connectivity index (χ1v) is 8.75. The second-order valence-corrected chi connectivity index (χ2v) is 6.39. The van der Waals surface area contributed by atoms with Gasteiger partial charge in [-0.15, -0.1) is 0 Å². The average Bonchev–Trinajstić information content (AvgIpc) is 2.58. The Bertz CT molecular complexity index is 636. The zero-order chi connectivity index (χ0) is 16.7. The van der Waals surface area contributed by atoms with Crippen LogP contribution in [-0.4, -0.2) is 23.9 Å². The van der Waals surface area contributed by atoms with Crippen molar-refractivity contribution in [2.24, 2.45) is 0 Å². The van der Waals surface area contributed by atoms with Gasteiger partial charge in [0, 0.05) is 23.1 Å². The fourth-order valence-electron chi connectivity index (χ4n) is 2.38. The molecule has 0 saturated carbocycles. The summed E-state index contributed by atoms with van der Waals surface area (Å²) in [7, 11) is 0. The van der Waals surface area contributed by atoms with Gasteiger partial charge in [0.1, 0.15) is 0 Å². The standard InChI is InChI=1S/C19H23BrN2O/c1-3-22(4-2)14-16-10-8-15(9-11-16)13-21-19(23)17-6-5-7-18(20)12-17/h5-12H,3-4,13-14H2,1-2H3,(H,21,23). The van der Waals surface area contributed by atoms with E-state index in [1.54, 1.807) is 0 Å². The SMILES string of the molecule is CCN(CC)Cc1ccc(CNC(=O)c2cccc(Br)c2)cc1. The molecule has 0 aliphatic rings. The van der Waals surface area contributed by atoms with Crippen LogP contribution < -0.4 is 5.32 Å². The maximum Gasteiger partial charge on any atom is 0.251 e. The van der Waals surface area contributed by atoms with Crippen molar-refractivity contribution >= 4 is 21.8 Å². The van der Waals surface area contributed by atoms with E-state index in [1.807, 2.05) is 24.3 Å². The molecule has 23 heavy (non-hydrogen) atoms. The van der Waals surface area contributed by atoms with Gasteiger partial charge in [-0.05, 0) is 42.4 Å². The highest BCUT2D eigenvalue weighted by Crippen LogP contribution is 2.12. The summed E-state index contributed by atoms with van der Waals surface area (Å²) in [6.45, 7) is 7.97. The number of halogens is 1. The lowest BCUT2D eigenvalue weighted by Crippen LogP contribution is -2.23. The average molecular weight is 375 g/mol. The summed E-state index contributed by atoms with van der Waals surface area (Å²) < 4.78 is 0.908. The van der Waals surface area contributed by atoms with Gasteiger partial charge in [0.05, 0.1) is 0 Å². The van der Waals surface area contributed by atoms with Gasteiger partial charge in [-0.25, -0.2) is 0 Å². The molecule has 2 aromatic carbocycles. The fourth-order valence-corrected chi connectivity index (χ4v) is 2.78. The van der Waals surface area contributed by atoms with E-state index in [1.165, 1.54) is 5.56 Å². The second-order valence-electron chi connectivity index (χ2n) is 5.47. The minimum Gasteiger partial charge on any atom is -0.348 e. The lowest BCUT2D eigenvalue weighted by molar-refractivity contribution is 0.0951. The Kier molecular flexibility index (Phi) is 6.81. The van der Waals surface area contributed by atoms with Crippen LogP contribution in [0.2, 0.25) is 0 Å². The molecule has 0 aliphatic heterocycles. The fraction of sp³-hybridized carbons (Fsp3) is 0.316. The monoisotopic (exact) mass is 374 g/mol. The molecule has 1 N–H and O–H groups in total. The first kappa shape index (κ1) is 17.7. The minimum absolute atomic E-state index is 0.0569. The molecule has 0 spiro atoms. The molecule has 2 rings (SSSR count). The zero-order valence-corrected chi connectivity index (χ0v) is 15.3. The van der Waals surface area contributed by atoms with Crippen molar-refractivity contribution in [1.82, 2.24) is 10.2 Å². The van der Waals surface area contributed by atoms with Gasteiger partial charge in [-0.2, -0.15) is 0 Å². The third-order valence-electron chi connectivity index (χ3n) is 3.86. The Morgan fingerprint density at radius 1 is 1.04 bits per heavy atom.